The SMILES string of the molecule is C#CCNCCN1CCC(C(F)(F)F)CC1. The second-order valence-corrected chi connectivity index (χ2v) is 4.04. The molecule has 1 aliphatic rings. The first kappa shape index (κ1) is 13.3. The van der Waals surface area contributed by atoms with Gasteiger partial charge in [-0.15, -0.1) is 6.42 Å². The van der Waals surface area contributed by atoms with Crippen LogP contribution >= 0.6 is 0 Å². The van der Waals surface area contributed by atoms with E-state index in [9.17, 15) is 13.2 Å². The molecule has 0 bridgehead atoms. The van der Waals surface area contributed by atoms with Crippen LogP contribution in [0.2, 0.25) is 0 Å². The van der Waals surface area contributed by atoms with Gasteiger partial charge in [0.25, 0.3) is 0 Å². The molecule has 0 atom stereocenters. The van der Waals surface area contributed by atoms with Gasteiger partial charge in [0.2, 0.25) is 0 Å². The lowest BCUT2D eigenvalue weighted by atomic mass is 9.96. The molecule has 1 N–H and O–H groups in total. The number of hydrogen-bond donors (Lipinski definition) is 1. The molecule has 16 heavy (non-hydrogen) atoms. The van der Waals surface area contributed by atoms with Gasteiger partial charge in [0.05, 0.1) is 12.5 Å². The summed E-state index contributed by atoms with van der Waals surface area (Å²) in [5, 5.41) is 3.02. The Balaban J connectivity index is 2.15. The number of nitrogens with zero attached hydrogens (tertiary/aromatic N) is 1. The Morgan fingerprint density at radius 2 is 1.94 bits per heavy atom. The highest BCUT2D eigenvalue weighted by Crippen LogP contribution is 2.33. The van der Waals surface area contributed by atoms with Crippen molar-refractivity contribution < 1.29 is 13.2 Å². The average Bonchev–Trinajstić information content (AvgIpc) is 2.24. The van der Waals surface area contributed by atoms with Crippen LogP contribution in [0.25, 0.3) is 0 Å². The minimum absolute atomic E-state index is 0.221. The van der Waals surface area contributed by atoms with E-state index >= 15 is 0 Å². The summed E-state index contributed by atoms with van der Waals surface area (Å²) in [5.41, 5.74) is 0. The van der Waals surface area contributed by atoms with Crippen molar-refractivity contribution in [3.05, 3.63) is 0 Å². The van der Waals surface area contributed by atoms with Crippen molar-refractivity contribution in [2.45, 2.75) is 19.0 Å². The fourth-order valence-electron chi connectivity index (χ4n) is 1.88. The first-order valence-electron chi connectivity index (χ1n) is 5.47. The molecule has 2 nitrogen and oxygen atoms in total. The third-order valence-electron chi connectivity index (χ3n) is 2.88. The fourth-order valence-corrected chi connectivity index (χ4v) is 1.88. The molecule has 0 amide bonds. The van der Waals surface area contributed by atoms with E-state index in [0.29, 0.717) is 19.6 Å². The number of rotatable bonds is 4. The van der Waals surface area contributed by atoms with Crippen molar-refractivity contribution in [1.29, 1.82) is 0 Å². The fraction of sp³-hybridized carbons (Fsp3) is 0.818. The highest BCUT2D eigenvalue weighted by Gasteiger charge is 2.40. The average molecular weight is 234 g/mol. The first-order valence-corrected chi connectivity index (χ1v) is 5.47. The van der Waals surface area contributed by atoms with Crippen LogP contribution in [0.5, 0.6) is 0 Å². The van der Waals surface area contributed by atoms with Crippen LogP contribution < -0.4 is 5.32 Å². The van der Waals surface area contributed by atoms with Crippen LogP contribution in [0.4, 0.5) is 13.2 Å². The number of halogens is 3. The van der Waals surface area contributed by atoms with Crippen molar-refractivity contribution in [2.75, 3.05) is 32.7 Å². The maximum absolute atomic E-state index is 12.4. The summed E-state index contributed by atoms with van der Waals surface area (Å²) < 4.78 is 37.1. The lowest BCUT2D eigenvalue weighted by Crippen LogP contribution is -2.41. The molecule has 0 aromatic heterocycles. The van der Waals surface area contributed by atoms with Gasteiger partial charge in [-0.3, -0.25) is 0 Å². The Morgan fingerprint density at radius 3 is 2.44 bits per heavy atom. The monoisotopic (exact) mass is 234 g/mol. The van der Waals surface area contributed by atoms with Gasteiger partial charge in [-0.25, -0.2) is 0 Å². The predicted octanol–water partition coefficient (Wildman–Crippen LogP) is 1.48. The summed E-state index contributed by atoms with van der Waals surface area (Å²) in [4.78, 5) is 2.05. The van der Waals surface area contributed by atoms with E-state index in [1.807, 2.05) is 4.90 Å². The standard InChI is InChI=1S/C11H17F3N2/c1-2-5-15-6-9-16-7-3-10(4-8-16)11(12,13)14/h1,10,15H,3-9H2. The van der Waals surface area contributed by atoms with E-state index in [-0.39, 0.29) is 12.8 Å². The van der Waals surface area contributed by atoms with Gasteiger partial charge in [-0.1, -0.05) is 5.92 Å². The highest BCUT2D eigenvalue weighted by molar-refractivity contribution is 4.86. The molecule has 1 rings (SSSR count). The Kier molecular flexibility index (Phi) is 5.10. The molecule has 5 heteroatoms. The normalized spacial score (nSPS) is 19.6. The third-order valence-corrected chi connectivity index (χ3v) is 2.88. The van der Waals surface area contributed by atoms with Crippen molar-refractivity contribution in [3.8, 4) is 12.3 Å². The molecular weight excluding hydrogens is 217 g/mol. The van der Waals surface area contributed by atoms with Crippen molar-refractivity contribution in [3.63, 3.8) is 0 Å². The molecule has 1 aliphatic heterocycles. The van der Waals surface area contributed by atoms with E-state index in [1.54, 1.807) is 0 Å². The topological polar surface area (TPSA) is 15.3 Å². The predicted molar refractivity (Wildman–Crippen MR) is 56.9 cm³/mol. The van der Waals surface area contributed by atoms with Crippen LogP contribution in [0.15, 0.2) is 0 Å². The van der Waals surface area contributed by atoms with Crippen molar-refractivity contribution in [1.82, 2.24) is 10.2 Å². The summed E-state index contributed by atoms with van der Waals surface area (Å²) in [7, 11) is 0. The van der Waals surface area contributed by atoms with Crippen LogP contribution in [0, 0.1) is 18.3 Å². The summed E-state index contributed by atoms with van der Waals surface area (Å²) >= 11 is 0. The minimum atomic E-state index is -4.02. The second-order valence-electron chi connectivity index (χ2n) is 4.04. The molecule has 92 valence electrons. The Labute approximate surface area is 94.2 Å². The summed E-state index contributed by atoms with van der Waals surface area (Å²) in [5.74, 6) is 1.35. The Bertz CT molecular complexity index is 237. The molecule has 0 radical (unpaired) electrons. The molecule has 0 saturated carbocycles. The number of alkyl halides is 3. The second kappa shape index (κ2) is 6.12. The third kappa shape index (κ3) is 4.42. The number of likely N-dealkylation sites (tertiary alicyclic amines) is 1. The number of piperidine rings is 1. The summed E-state index contributed by atoms with van der Waals surface area (Å²) in [6.45, 7) is 3.08. The maximum Gasteiger partial charge on any atom is 0.391 e. The highest BCUT2D eigenvalue weighted by atomic mass is 19.4. The van der Waals surface area contributed by atoms with E-state index in [0.717, 1.165) is 13.1 Å². The first-order chi connectivity index (χ1) is 7.54. The number of hydrogen-bond acceptors (Lipinski definition) is 2. The maximum atomic E-state index is 12.4. The lowest BCUT2D eigenvalue weighted by Gasteiger charge is -2.32. The van der Waals surface area contributed by atoms with Crippen molar-refractivity contribution in [2.24, 2.45) is 5.92 Å². The molecule has 1 heterocycles. The Morgan fingerprint density at radius 1 is 1.31 bits per heavy atom. The van der Waals surface area contributed by atoms with Gasteiger partial charge < -0.3 is 10.2 Å². The molecule has 0 unspecified atom stereocenters. The smallest absolute Gasteiger partial charge is 0.305 e. The summed E-state index contributed by atoms with van der Waals surface area (Å²) in [6, 6.07) is 0. The van der Waals surface area contributed by atoms with Gasteiger partial charge in [0.15, 0.2) is 0 Å². The molecule has 0 aliphatic carbocycles. The number of terminal acetylenes is 1. The van der Waals surface area contributed by atoms with Crippen LogP contribution in [0.1, 0.15) is 12.8 Å². The van der Waals surface area contributed by atoms with Crippen LogP contribution in [-0.4, -0.2) is 43.8 Å². The largest absolute Gasteiger partial charge is 0.391 e. The van der Waals surface area contributed by atoms with Crippen LogP contribution in [-0.2, 0) is 0 Å². The molecule has 1 fully saturated rings. The van der Waals surface area contributed by atoms with E-state index in [1.165, 1.54) is 0 Å². The van der Waals surface area contributed by atoms with Gasteiger partial charge >= 0.3 is 6.18 Å². The van der Waals surface area contributed by atoms with Crippen LogP contribution in [0.3, 0.4) is 0 Å². The zero-order chi connectivity index (χ0) is 12.0. The van der Waals surface area contributed by atoms with Gasteiger partial charge in [-0.05, 0) is 25.9 Å². The minimum Gasteiger partial charge on any atom is -0.305 e. The van der Waals surface area contributed by atoms with E-state index in [4.69, 9.17) is 6.42 Å². The molecule has 1 saturated heterocycles. The van der Waals surface area contributed by atoms with E-state index < -0.39 is 12.1 Å². The van der Waals surface area contributed by atoms with Gasteiger partial charge in [0, 0.05) is 13.1 Å². The Hall–Kier alpha value is -0.730. The zero-order valence-electron chi connectivity index (χ0n) is 9.19. The van der Waals surface area contributed by atoms with Crippen molar-refractivity contribution >= 4 is 0 Å². The molecule has 0 spiro atoms. The van der Waals surface area contributed by atoms with Gasteiger partial charge in [-0.2, -0.15) is 13.2 Å². The molecular formula is C11H17F3N2. The van der Waals surface area contributed by atoms with Gasteiger partial charge in [0.1, 0.15) is 0 Å². The van der Waals surface area contributed by atoms with E-state index in [2.05, 4.69) is 11.2 Å². The molecule has 0 aromatic carbocycles. The zero-order valence-corrected chi connectivity index (χ0v) is 9.19. The lowest BCUT2D eigenvalue weighted by molar-refractivity contribution is -0.184. The quantitative estimate of drug-likeness (QED) is 0.585. The molecule has 0 aromatic rings. The summed E-state index contributed by atoms with van der Waals surface area (Å²) in [6.07, 6.45) is 1.48. The number of nitrogens with one attached hydrogen (secondary N) is 1.